The van der Waals surface area contributed by atoms with Gasteiger partial charge in [-0.25, -0.2) is 4.57 Å². The van der Waals surface area contributed by atoms with Gasteiger partial charge in [-0.05, 0) is 37.5 Å². The molecule has 39 heavy (non-hydrogen) atoms. The van der Waals surface area contributed by atoms with E-state index in [4.69, 9.17) is 24.0 Å². The molecule has 0 saturated carbocycles. The number of ether oxygens (including phenoxy) is 1. The zero-order chi connectivity index (χ0) is 28.7. The molecule has 2 atom stereocenters. The standard InChI is InChI=1S/C32H66O.Ca.H3O4P.2H/c1-5-9-13-17-19-23-27-31(25-21-15-11-7-3)29-33-30-32(26-22-16-12-8-4)28-24-20-18-14-10-6-2;;1-5(2,3)4;;/h31-32H,5-30H2,1-4H3;;(H3,1,2,3,4);;. The summed E-state index contributed by atoms with van der Waals surface area (Å²) in [4.78, 5) is 21.6. The van der Waals surface area contributed by atoms with E-state index in [2.05, 4.69) is 27.7 Å². The third-order valence-corrected chi connectivity index (χ3v) is 7.57. The SMILES string of the molecule is CCCCCCCCC(CCCCCC)COCC(CCCCCC)CCCCCCCC.O=P(O)(O)O.[CaH2]. The van der Waals surface area contributed by atoms with Gasteiger partial charge in [0.25, 0.3) is 0 Å². The number of rotatable bonds is 28. The molecule has 0 aromatic carbocycles. The van der Waals surface area contributed by atoms with Crippen molar-refractivity contribution in [1.82, 2.24) is 0 Å². The summed E-state index contributed by atoms with van der Waals surface area (Å²) in [6, 6.07) is 0. The van der Waals surface area contributed by atoms with Gasteiger partial charge < -0.3 is 19.4 Å². The fraction of sp³-hybridized carbons (Fsp3) is 1.00. The first-order chi connectivity index (χ1) is 18.3. The molecule has 0 fully saturated rings. The van der Waals surface area contributed by atoms with Crippen molar-refractivity contribution in [3.63, 3.8) is 0 Å². The fourth-order valence-electron chi connectivity index (χ4n) is 5.17. The maximum atomic E-state index is 8.88. The quantitative estimate of drug-likeness (QED) is 0.0469. The first-order valence-corrected chi connectivity index (χ1v) is 18.2. The van der Waals surface area contributed by atoms with Crippen LogP contribution in [0.4, 0.5) is 0 Å². The molecular formula is C32H71CaO5P. The number of hydrogen-bond acceptors (Lipinski definition) is 2. The number of phosphoric acid groups is 1. The van der Waals surface area contributed by atoms with Crippen molar-refractivity contribution in [3.8, 4) is 0 Å². The van der Waals surface area contributed by atoms with Gasteiger partial charge in [0.05, 0.1) is 0 Å². The molecule has 0 heterocycles. The van der Waals surface area contributed by atoms with Gasteiger partial charge in [0.2, 0.25) is 0 Å². The first kappa shape index (κ1) is 44.8. The summed E-state index contributed by atoms with van der Waals surface area (Å²) >= 11 is 0. The van der Waals surface area contributed by atoms with Gasteiger partial charge in [0.15, 0.2) is 0 Å². The van der Waals surface area contributed by atoms with Gasteiger partial charge in [-0.3, -0.25) is 0 Å². The molecule has 0 aliphatic carbocycles. The summed E-state index contributed by atoms with van der Waals surface area (Å²) in [5, 5.41) is 0. The Hall–Kier alpha value is 1.33. The van der Waals surface area contributed by atoms with E-state index < -0.39 is 7.82 Å². The molecule has 5 nitrogen and oxygen atoms in total. The van der Waals surface area contributed by atoms with Crippen LogP contribution in [0.2, 0.25) is 0 Å². The van der Waals surface area contributed by atoms with Gasteiger partial charge in [-0.2, -0.15) is 0 Å². The van der Waals surface area contributed by atoms with Crippen LogP contribution in [0.5, 0.6) is 0 Å². The molecule has 0 saturated heterocycles. The summed E-state index contributed by atoms with van der Waals surface area (Å²) in [6.07, 6.45) is 33.8. The molecule has 0 aliphatic heterocycles. The monoisotopic (exact) mass is 606 g/mol. The van der Waals surface area contributed by atoms with Crippen molar-refractivity contribution in [2.24, 2.45) is 11.8 Å². The molecule has 2 unspecified atom stereocenters. The average Bonchev–Trinajstić information content (AvgIpc) is 2.86. The predicted molar refractivity (Wildman–Crippen MR) is 174 cm³/mol. The molecule has 0 rings (SSSR count). The Balaban J connectivity index is -0.00000196. The summed E-state index contributed by atoms with van der Waals surface area (Å²) < 4.78 is 15.3. The van der Waals surface area contributed by atoms with E-state index in [1.54, 1.807) is 0 Å². The van der Waals surface area contributed by atoms with Crippen LogP contribution in [0.25, 0.3) is 0 Å². The van der Waals surface area contributed by atoms with Gasteiger partial charge >= 0.3 is 45.6 Å². The molecule has 0 spiro atoms. The Morgan fingerprint density at radius 2 is 0.667 bits per heavy atom. The second-order valence-electron chi connectivity index (χ2n) is 11.6. The van der Waals surface area contributed by atoms with E-state index in [9.17, 15) is 0 Å². The zero-order valence-corrected chi connectivity index (χ0v) is 27.0. The molecule has 236 valence electrons. The molecule has 0 radical (unpaired) electrons. The molecular weight excluding hydrogens is 535 g/mol. The van der Waals surface area contributed by atoms with Crippen molar-refractivity contribution >= 4 is 45.6 Å². The number of hydrogen-bond donors (Lipinski definition) is 3. The topological polar surface area (TPSA) is 87.0 Å². The zero-order valence-electron chi connectivity index (χ0n) is 26.1. The van der Waals surface area contributed by atoms with Crippen LogP contribution in [-0.4, -0.2) is 65.6 Å². The third kappa shape index (κ3) is 43.9. The van der Waals surface area contributed by atoms with Crippen LogP contribution in [-0.2, 0) is 9.30 Å². The number of unbranched alkanes of at least 4 members (excludes halogenated alkanes) is 16. The minimum absolute atomic E-state index is 0. The van der Waals surface area contributed by atoms with Gasteiger partial charge in [0, 0.05) is 13.2 Å². The van der Waals surface area contributed by atoms with E-state index in [0.29, 0.717) is 0 Å². The van der Waals surface area contributed by atoms with Crippen molar-refractivity contribution in [1.29, 1.82) is 0 Å². The molecule has 0 bridgehead atoms. The Morgan fingerprint density at radius 3 is 0.923 bits per heavy atom. The van der Waals surface area contributed by atoms with Crippen LogP contribution in [0.15, 0.2) is 0 Å². The van der Waals surface area contributed by atoms with Gasteiger partial charge in [0.1, 0.15) is 0 Å². The summed E-state index contributed by atoms with van der Waals surface area (Å²) in [6.45, 7) is 11.3. The Bertz CT molecular complexity index is 449. The van der Waals surface area contributed by atoms with E-state index in [0.717, 1.165) is 25.0 Å². The van der Waals surface area contributed by atoms with Crippen LogP contribution >= 0.6 is 7.82 Å². The van der Waals surface area contributed by atoms with Crippen molar-refractivity contribution in [3.05, 3.63) is 0 Å². The summed E-state index contributed by atoms with van der Waals surface area (Å²) in [5.74, 6) is 1.62. The van der Waals surface area contributed by atoms with Gasteiger partial charge in [-0.1, -0.05) is 156 Å². The van der Waals surface area contributed by atoms with E-state index in [-0.39, 0.29) is 37.7 Å². The summed E-state index contributed by atoms with van der Waals surface area (Å²) in [7, 11) is -4.64. The van der Waals surface area contributed by atoms with Crippen molar-refractivity contribution < 1.29 is 24.0 Å². The third-order valence-electron chi connectivity index (χ3n) is 7.57. The minimum atomic E-state index is -4.64. The van der Waals surface area contributed by atoms with Crippen LogP contribution in [0.1, 0.15) is 182 Å². The molecule has 0 aliphatic rings. The van der Waals surface area contributed by atoms with Crippen molar-refractivity contribution in [2.45, 2.75) is 182 Å². The average molecular weight is 607 g/mol. The fourth-order valence-corrected chi connectivity index (χ4v) is 5.17. The molecule has 0 aromatic rings. The molecule has 0 amide bonds. The second-order valence-corrected chi connectivity index (χ2v) is 12.6. The van der Waals surface area contributed by atoms with E-state index in [1.165, 1.54) is 154 Å². The second kappa shape index (κ2) is 35.5. The Morgan fingerprint density at radius 1 is 0.462 bits per heavy atom. The van der Waals surface area contributed by atoms with Gasteiger partial charge in [-0.15, -0.1) is 0 Å². The predicted octanol–water partition coefficient (Wildman–Crippen LogP) is 9.83. The van der Waals surface area contributed by atoms with E-state index >= 15 is 0 Å². The van der Waals surface area contributed by atoms with Crippen molar-refractivity contribution in [2.75, 3.05) is 13.2 Å². The van der Waals surface area contributed by atoms with Crippen LogP contribution < -0.4 is 0 Å². The van der Waals surface area contributed by atoms with Crippen LogP contribution in [0.3, 0.4) is 0 Å². The molecule has 7 heteroatoms. The molecule has 3 N–H and O–H groups in total. The summed E-state index contributed by atoms with van der Waals surface area (Å²) in [5.41, 5.74) is 0. The Labute approximate surface area is 274 Å². The Kier molecular flexibility index (Phi) is 40.8. The maximum absolute atomic E-state index is 8.88. The first-order valence-electron chi connectivity index (χ1n) is 16.6. The van der Waals surface area contributed by atoms with E-state index in [1.807, 2.05) is 0 Å². The van der Waals surface area contributed by atoms with Crippen LogP contribution in [0, 0.1) is 11.8 Å². The molecule has 0 aromatic heterocycles. The normalized spacial score (nSPS) is 12.9.